The molecule has 0 amide bonds. The number of rotatable bonds is 4. The highest BCUT2D eigenvalue weighted by molar-refractivity contribution is 8.13. The van der Waals surface area contributed by atoms with Gasteiger partial charge >= 0.3 is 5.63 Å². The third-order valence-electron chi connectivity index (χ3n) is 3.07. The molecule has 8 heteroatoms. The number of furan rings is 1. The zero-order valence-electron chi connectivity index (χ0n) is 11.6. The zero-order chi connectivity index (χ0) is 16.4. The lowest BCUT2D eigenvalue weighted by Gasteiger charge is -2.01. The van der Waals surface area contributed by atoms with Crippen LogP contribution in [-0.4, -0.2) is 10.0 Å². The second-order valence-corrected chi connectivity index (χ2v) is 5.53. The van der Waals surface area contributed by atoms with Crippen molar-refractivity contribution >= 4 is 33.5 Å². The van der Waals surface area contributed by atoms with E-state index in [2.05, 4.69) is 0 Å². The lowest BCUT2D eigenvalue weighted by molar-refractivity contribution is -0.384. The molecule has 0 aliphatic rings. The second kappa shape index (κ2) is 6.09. The smallest absolute Gasteiger partial charge is 0.348 e. The van der Waals surface area contributed by atoms with Crippen molar-refractivity contribution < 1.29 is 18.6 Å². The first-order valence-corrected chi connectivity index (χ1v) is 7.45. The maximum atomic E-state index is 12.2. The van der Waals surface area contributed by atoms with E-state index < -0.39 is 15.7 Å². The van der Waals surface area contributed by atoms with Gasteiger partial charge in [-0.1, -0.05) is 11.8 Å². The van der Waals surface area contributed by atoms with E-state index in [1.54, 1.807) is 12.1 Å². The van der Waals surface area contributed by atoms with Crippen LogP contribution in [0.1, 0.15) is 16.1 Å². The molecule has 1 aromatic carbocycles. The van der Waals surface area contributed by atoms with Crippen LogP contribution in [0.2, 0.25) is 0 Å². The molecule has 2 heterocycles. The molecule has 2 aromatic heterocycles. The molecular weight excluding hydrogens is 322 g/mol. The van der Waals surface area contributed by atoms with Gasteiger partial charge in [0, 0.05) is 17.5 Å². The van der Waals surface area contributed by atoms with Gasteiger partial charge in [0.15, 0.2) is 0 Å². The molecule has 0 radical (unpaired) electrons. The molecule has 116 valence electrons. The minimum Gasteiger partial charge on any atom is -0.468 e. The Bertz CT molecular complexity index is 944. The average molecular weight is 331 g/mol. The van der Waals surface area contributed by atoms with Gasteiger partial charge in [-0.3, -0.25) is 14.9 Å². The number of non-ortho nitro benzene ring substituents is 1. The van der Waals surface area contributed by atoms with Crippen LogP contribution < -0.4 is 5.63 Å². The van der Waals surface area contributed by atoms with Gasteiger partial charge in [-0.25, -0.2) is 4.79 Å². The van der Waals surface area contributed by atoms with E-state index in [4.69, 9.17) is 8.83 Å². The number of hydrogen-bond donors (Lipinski definition) is 0. The fourth-order valence-electron chi connectivity index (χ4n) is 1.98. The van der Waals surface area contributed by atoms with Crippen molar-refractivity contribution in [2.24, 2.45) is 0 Å². The Balaban J connectivity index is 1.92. The van der Waals surface area contributed by atoms with Gasteiger partial charge in [-0.2, -0.15) is 0 Å². The van der Waals surface area contributed by atoms with E-state index in [0.717, 1.165) is 11.8 Å². The molecule has 0 bridgehead atoms. The number of nitrogens with zero attached hydrogens (tertiary/aromatic N) is 1. The van der Waals surface area contributed by atoms with Crippen LogP contribution in [-0.2, 0) is 5.75 Å². The van der Waals surface area contributed by atoms with Crippen LogP contribution in [0.5, 0.6) is 0 Å². The minimum absolute atomic E-state index is 0.145. The minimum atomic E-state index is -0.775. The van der Waals surface area contributed by atoms with E-state index >= 15 is 0 Å². The maximum Gasteiger partial charge on any atom is 0.348 e. The third kappa shape index (κ3) is 3.16. The lowest BCUT2D eigenvalue weighted by Crippen LogP contribution is -2.11. The summed E-state index contributed by atoms with van der Waals surface area (Å²) in [4.78, 5) is 34.3. The molecule has 23 heavy (non-hydrogen) atoms. The molecule has 0 atom stereocenters. The first kappa shape index (κ1) is 15.0. The molecule has 0 fully saturated rings. The normalized spacial score (nSPS) is 10.8. The van der Waals surface area contributed by atoms with Crippen molar-refractivity contribution in [2.45, 2.75) is 5.75 Å². The van der Waals surface area contributed by atoms with E-state index in [1.807, 2.05) is 0 Å². The standard InChI is InChI=1S/C15H9NO6S/c17-14-12(15(18)23-8-11-2-1-5-21-11)7-9-6-10(16(19)20)3-4-13(9)22-14/h1-7H,8H2. The van der Waals surface area contributed by atoms with Gasteiger partial charge < -0.3 is 8.83 Å². The number of fused-ring (bicyclic) bond motifs is 1. The van der Waals surface area contributed by atoms with Crippen molar-refractivity contribution in [3.05, 3.63) is 74.5 Å². The Kier molecular flexibility index (Phi) is 3.98. The summed E-state index contributed by atoms with van der Waals surface area (Å²) >= 11 is 0.894. The van der Waals surface area contributed by atoms with E-state index in [0.29, 0.717) is 11.1 Å². The molecular formula is C15H9NO6S. The number of hydrogen-bond acceptors (Lipinski definition) is 7. The third-order valence-corrected chi connectivity index (χ3v) is 3.98. The average Bonchev–Trinajstić information content (AvgIpc) is 3.04. The maximum absolute atomic E-state index is 12.2. The molecule has 0 aliphatic carbocycles. The molecule has 3 rings (SSSR count). The zero-order valence-corrected chi connectivity index (χ0v) is 12.4. The summed E-state index contributed by atoms with van der Waals surface area (Å²) in [5, 5.41) is 10.6. The van der Waals surface area contributed by atoms with Crippen molar-refractivity contribution in [2.75, 3.05) is 0 Å². The molecule has 0 saturated heterocycles. The Morgan fingerprint density at radius 1 is 1.26 bits per heavy atom. The first-order chi connectivity index (χ1) is 11.0. The highest BCUT2D eigenvalue weighted by Gasteiger charge is 2.16. The van der Waals surface area contributed by atoms with Crippen molar-refractivity contribution in [1.82, 2.24) is 0 Å². The summed E-state index contributed by atoms with van der Waals surface area (Å²) in [5.74, 6) is 0.877. The van der Waals surface area contributed by atoms with Crippen LogP contribution in [0.25, 0.3) is 11.0 Å². The Morgan fingerprint density at radius 3 is 2.78 bits per heavy atom. The largest absolute Gasteiger partial charge is 0.468 e. The molecule has 0 spiro atoms. The van der Waals surface area contributed by atoms with Crippen LogP contribution >= 0.6 is 11.8 Å². The predicted molar refractivity (Wildman–Crippen MR) is 83.5 cm³/mol. The van der Waals surface area contributed by atoms with Crippen molar-refractivity contribution in [3.63, 3.8) is 0 Å². The number of carbonyl (C=O) groups excluding carboxylic acids is 1. The SMILES string of the molecule is O=C(SCc1ccco1)c1cc2cc([N+](=O)[O-])ccc2oc1=O. The van der Waals surface area contributed by atoms with Crippen LogP contribution in [0.15, 0.2) is 56.3 Å². The summed E-state index contributed by atoms with van der Waals surface area (Å²) in [7, 11) is 0. The number of nitro benzene ring substituents is 1. The Morgan fingerprint density at radius 2 is 2.09 bits per heavy atom. The number of nitro groups is 1. The number of thioether (sulfide) groups is 1. The fraction of sp³-hybridized carbons (Fsp3) is 0.0667. The summed E-state index contributed by atoms with van der Waals surface area (Å²) < 4.78 is 10.2. The Labute approximate surface area is 133 Å². The summed E-state index contributed by atoms with van der Waals surface area (Å²) in [6, 6.07) is 8.55. The lowest BCUT2D eigenvalue weighted by atomic mass is 10.2. The van der Waals surface area contributed by atoms with Gasteiger partial charge in [-0.05, 0) is 24.3 Å². The highest BCUT2D eigenvalue weighted by atomic mass is 32.2. The summed E-state index contributed by atoms with van der Waals surface area (Å²) in [6.45, 7) is 0. The quantitative estimate of drug-likeness (QED) is 0.410. The van der Waals surface area contributed by atoms with Gasteiger partial charge in [0.1, 0.15) is 16.9 Å². The monoisotopic (exact) mass is 331 g/mol. The van der Waals surface area contributed by atoms with Gasteiger partial charge in [0.05, 0.1) is 16.9 Å². The van der Waals surface area contributed by atoms with Gasteiger partial charge in [0.2, 0.25) is 5.12 Å². The topological polar surface area (TPSA) is 104 Å². The summed E-state index contributed by atoms with van der Waals surface area (Å²) in [5.41, 5.74) is -0.890. The molecule has 7 nitrogen and oxygen atoms in total. The van der Waals surface area contributed by atoms with Crippen molar-refractivity contribution in [1.29, 1.82) is 0 Å². The van der Waals surface area contributed by atoms with E-state index in [-0.39, 0.29) is 22.6 Å². The fourth-order valence-corrected chi connectivity index (χ4v) is 2.71. The molecule has 0 N–H and O–H groups in total. The van der Waals surface area contributed by atoms with Crippen molar-refractivity contribution in [3.8, 4) is 0 Å². The van der Waals surface area contributed by atoms with Crippen LogP contribution in [0.4, 0.5) is 5.69 Å². The Hall–Kier alpha value is -2.87. The number of carbonyl (C=O) groups is 1. The summed E-state index contributed by atoms with van der Waals surface area (Å²) in [6.07, 6.45) is 1.49. The van der Waals surface area contributed by atoms with Crippen LogP contribution in [0.3, 0.4) is 0 Å². The predicted octanol–water partition coefficient (Wildman–Crippen LogP) is 3.37. The molecule has 0 unspecified atom stereocenters. The molecule has 3 aromatic rings. The van der Waals surface area contributed by atoms with E-state index in [9.17, 15) is 19.7 Å². The highest BCUT2D eigenvalue weighted by Crippen LogP contribution is 2.23. The van der Waals surface area contributed by atoms with Gasteiger partial charge in [0.25, 0.3) is 5.69 Å². The molecule has 0 aliphatic heterocycles. The number of benzene rings is 1. The van der Waals surface area contributed by atoms with Gasteiger partial charge in [-0.15, -0.1) is 0 Å². The van der Waals surface area contributed by atoms with E-state index in [1.165, 1.54) is 30.5 Å². The first-order valence-electron chi connectivity index (χ1n) is 6.46. The second-order valence-electron chi connectivity index (χ2n) is 4.58. The van der Waals surface area contributed by atoms with Crippen LogP contribution in [0, 0.1) is 10.1 Å². The molecule has 0 saturated carbocycles.